The summed E-state index contributed by atoms with van der Waals surface area (Å²) < 4.78 is 0. The van der Waals surface area contributed by atoms with Crippen LogP contribution in [-0.2, 0) is 4.79 Å². The van der Waals surface area contributed by atoms with Crippen molar-refractivity contribution < 1.29 is 19.5 Å². The monoisotopic (exact) mass is 254 g/mol. The van der Waals surface area contributed by atoms with Crippen molar-refractivity contribution in [2.75, 3.05) is 0 Å². The molecule has 1 fully saturated rings. The zero-order valence-corrected chi connectivity index (χ0v) is 9.90. The van der Waals surface area contributed by atoms with Gasteiger partial charge in [0.1, 0.15) is 0 Å². The van der Waals surface area contributed by atoms with Crippen molar-refractivity contribution in [1.82, 2.24) is 21.3 Å². The van der Waals surface area contributed by atoms with E-state index in [1.807, 2.05) is 5.32 Å². The number of rotatable bonds is 1. The van der Waals surface area contributed by atoms with E-state index in [2.05, 4.69) is 16.0 Å². The molecule has 0 spiro atoms. The van der Waals surface area contributed by atoms with Gasteiger partial charge in [-0.1, -0.05) is 0 Å². The Morgan fingerprint density at radius 2 is 1.89 bits per heavy atom. The zero-order chi connectivity index (χ0) is 13.5. The fourth-order valence-corrected chi connectivity index (χ4v) is 2.01. The Bertz CT molecular complexity index is 457. The molecule has 8 heteroatoms. The lowest BCUT2D eigenvalue weighted by Crippen LogP contribution is -2.73. The number of hydrogen-bond acceptors (Lipinski definition) is 4. The van der Waals surface area contributed by atoms with Gasteiger partial charge in [-0.15, -0.1) is 0 Å². The van der Waals surface area contributed by atoms with Gasteiger partial charge in [0.15, 0.2) is 5.60 Å². The SMILES string of the molecule is CC1=CNC(=O)NC1[C@H]1NC(=O)NC(=O)[C@@]1(C)O. The molecule has 18 heavy (non-hydrogen) atoms. The highest BCUT2D eigenvalue weighted by Gasteiger charge is 2.49. The first kappa shape index (κ1) is 12.4. The Kier molecular flexibility index (Phi) is 2.74. The largest absolute Gasteiger partial charge is 0.378 e. The molecule has 1 unspecified atom stereocenters. The Hall–Kier alpha value is -2.09. The van der Waals surface area contributed by atoms with Gasteiger partial charge in [0, 0.05) is 6.20 Å². The number of nitrogens with one attached hydrogen (secondary N) is 4. The average molecular weight is 254 g/mol. The van der Waals surface area contributed by atoms with Crippen LogP contribution in [0.15, 0.2) is 11.8 Å². The Labute approximate surface area is 103 Å². The lowest BCUT2D eigenvalue weighted by molar-refractivity contribution is -0.142. The van der Waals surface area contributed by atoms with Gasteiger partial charge in [0.05, 0.1) is 12.1 Å². The summed E-state index contributed by atoms with van der Waals surface area (Å²) in [5.41, 5.74) is -1.12. The molecule has 0 saturated carbocycles. The van der Waals surface area contributed by atoms with Crippen LogP contribution in [0.25, 0.3) is 0 Å². The smallest absolute Gasteiger partial charge is 0.321 e. The number of imide groups is 1. The molecule has 2 aliphatic rings. The van der Waals surface area contributed by atoms with Gasteiger partial charge in [-0.25, -0.2) is 9.59 Å². The third-order valence-electron chi connectivity index (χ3n) is 3.12. The standard InChI is InChI=1S/C10H14N4O4/c1-4-3-11-8(16)12-5(4)6-10(2,18)7(15)14-9(17)13-6/h3,5-6,18H,1-2H3,(H2,11,12,16)(H2,13,14,15,17)/t5?,6-,10+/m1/s1. The third-order valence-corrected chi connectivity index (χ3v) is 3.12. The molecular formula is C10H14N4O4. The highest BCUT2D eigenvalue weighted by molar-refractivity contribution is 6.02. The number of carbonyl (C=O) groups excluding carboxylic acids is 3. The van der Waals surface area contributed by atoms with Gasteiger partial charge in [0.2, 0.25) is 0 Å². The lowest BCUT2D eigenvalue weighted by atomic mass is 9.84. The van der Waals surface area contributed by atoms with Crippen molar-refractivity contribution in [1.29, 1.82) is 0 Å². The van der Waals surface area contributed by atoms with E-state index in [-0.39, 0.29) is 0 Å². The van der Waals surface area contributed by atoms with Crippen LogP contribution in [-0.4, -0.2) is 40.8 Å². The van der Waals surface area contributed by atoms with E-state index < -0.39 is 35.7 Å². The van der Waals surface area contributed by atoms with Crippen molar-refractivity contribution in [2.45, 2.75) is 31.5 Å². The van der Waals surface area contributed by atoms with Crippen LogP contribution in [0.2, 0.25) is 0 Å². The van der Waals surface area contributed by atoms with E-state index in [4.69, 9.17) is 0 Å². The molecular weight excluding hydrogens is 240 g/mol. The minimum absolute atomic E-state index is 0.457. The Balaban J connectivity index is 2.32. The number of carbonyl (C=O) groups is 3. The molecule has 2 rings (SSSR count). The fraction of sp³-hybridized carbons (Fsp3) is 0.500. The summed E-state index contributed by atoms with van der Waals surface area (Å²) in [5, 5.41) is 19.6. The molecule has 98 valence electrons. The van der Waals surface area contributed by atoms with Crippen LogP contribution in [0.3, 0.4) is 0 Å². The van der Waals surface area contributed by atoms with Crippen LogP contribution in [0.1, 0.15) is 13.8 Å². The summed E-state index contributed by atoms with van der Waals surface area (Å²) in [6, 6.07) is -2.73. The number of aliphatic hydroxyl groups is 1. The van der Waals surface area contributed by atoms with Crippen LogP contribution in [0.4, 0.5) is 9.59 Å². The molecule has 1 saturated heterocycles. The normalized spacial score (nSPS) is 35.9. The third kappa shape index (κ3) is 1.90. The molecule has 0 aromatic heterocycles. The first-order chi connectivity index (χ1) is 8.32. The molecule has 5 N–H and O–H groups in total. The second-order valence-corrected chi connectivity index (χ2v) is 4.54. The van der Waals surface area contributed by atoms with Gasteiger partial charge in [-0.2, -0.15) is 0 Å². The maximum absolute atomic E-state index is 11.6. The zero-order valence-electron chi connectivity index (χ0n) is 9.90. The fourth-order valence-electron chi connectivity index (χ4n) is 2.01. The highest BCUT2D eigenvalue weighted by Crippen LogP contribution is 2.22. The van der Waals surface area contributed by atoms with Crippen LogP contribution >= 0.6 is 0 Å². The summed E-state index contributed by atoms with van der Waals surface area (Å²) in [4.78, 5) is 34.2. The summed E-state index contributed by atoms with van der Waals surface area (Å²) in [7, 11) is 0. The summed E-state index contributed by atoms with van der Waals surface area (Å²) in [6.45, 7) is 3.00. The number of hydrogen-bond donors (Lipinski definition) is 5. The topological polar surface area (TPSA) is 120 Å². The van der Waals surface area contributed by atoms with Crippen molar-refractivity contribution >= 4 is 18.0 Å². The van der Waals surface area contributed by atoms with E-state index >= 15 is 0 Å². The van der Waals surface area contributed by atoms with Gasteiger partial charge >= 0.3 is 12.1 Å². The second kappa shape index (κ2) is 3.98. The Morgan fingerprint density at radius 3 is 2.56 bits per heavy atom. The minimum Gasteiger partial charge on any atom is -0.378 e. The molecule has 0 aromatic rings. The second-order valence-electron chi connectivity index (χ2n) is 4.54. The predicted octanol–water partition coefficient (Wildman–Crippen LogP) is -1.47. The lowest BCUT2D eigenvalue weighted by Gasteiger charge is -2.42. The first-order valence-electron chi connectivity index (χ1n) is 5.40. The molecule has 2 aliphatic heterocycles. The number of urea groups is 2. The molecule has 0 radical (unpaired) electrons. The van der Waals surface area contributed by atoms with Gasteiger partial charge in [-0.05, 0) is 19.4 Å². The van der Waals surface area contributed by atoms with Crippen LogP contribution in [0, 0.1) is 0 Å². The van der Waals surface area contributed by atoms with Gasteiger partial charge in [-0.3, -0.25) is 10.1 Å². The maximum Gasteiger partial charge on any atom is 0.321 e. The maximum atomic E-state index is 11.6. The average Bonchev–Trinajstić information content (AvgIpc) is 2.27. The van der Waals surface area contributed by atoms with Crippen LogP contribution < -0.4 is 21.3 Å². The van der Waals surface area contributed by atoms with E-state index in [0.29, 0.717) is 5.57 Å². The van der Waals surface area contributed by atoms with Gasteiger partial charge in [0.25, 0.3) is 5.91 Å². The van der Waals surface area contributed by atoms with Crippen molar-refractivity contribution in [2.24, 2.45) is 0 Å². The van der Waals surface area contributed by atoms with E-state index in [1.54, 1.807) is 6.92 Å². The molecule has 8 nitrogen and oxygen atoms in total. The summed E-state index contributed by atoms with van der Waals surface area (Å²) >= 11 is 0. The summed E-state index contributed by atoms with van der Waals surface area (Å²) in [6.07, 6.45) is 1.47. The minimum atomic E-state index is -1.81. The molecule has 5 amide bonds. The van der Waals surface area contributed by atoms with E-state index in [0.717, 1.165) is 0 Å². The van der Waals surface area contributed by atoms with Crippen molar-refractivity contribution in [3.63, 3.8) is 0 Å². The highest BCUT2D eigenvalue weighted by atomic mass is 16.3. The predicted molar refractivity (Wildman–Crippen MR) is 60.3 cm³/mol. The molecule has 0 aromatic carbocycles. The van der Waals surface area contributed by atoms with E-state index in [9.17, 15) is 19.5 Å². The van der Waals surface area contributed by atoms with Crippen LogP contribution in [0.5, 0.6) is 0 Å². The molecule has 2 heterocycles. The molecule has 0 aliphatic carbocycles. The molecule has 0 bridgehead atoms. The first-order valence-corrected chi connectivity index (χ1v) is 5.40. The van der Waals surface area contributed by atoms with Crippen molar-refractivity contribution in [3.8, 4) is 0 Å². The quantitative estimate of drug-likeness (QED) is 0.392. The number of amides is 5. The van der Waals surface area contributed by atoms with Gasteiger partial charge < -0.3 is 21.1 Å². The molecule has 3 atom stereocenters. The Morgan fingerprint density at radius 1 is 1.22 bits per heavy atom. The van der Waals surface area contributed by atoms with Crippen molar-refractivity contribution in [3.05, 3.63) is 11.8 Å². The van der Waals surface area contributed by atoms with E-state index in [1.165, 1.54) is 13.1 Å². The summed E-state index contributed by atoms with van der Waals surface area (Å²) in [5.74, 6) is -0.795.